The Hall–Kier alpha value is -2.20. The van der Waals surface area contributed by atoms with Crippen molar-refractivity contribution in [3.05, 3.63) is 58.6 Å². The van der Waals surface area contributed by atoms with E-state index < -0.39 is 5.97 Å². The first-order chi connectivity index (χ1) is 9.61. The number of methoxy groups -OCH3 is 1. The summed E-state index contributed by atoms with van der Waals surface area (Å²) in [4.78, 5) is 12.0. The van der Waals surface area contributed by atoms with Crippen LogP contribution in [0.15, 0.2) is 42.5 Å². The highest BCUT2D eigenvalue weighted by Crippen LogP contribution is 2.22. The first-order valence-corrected chi connectivity index (χ1v) is 6.33. The predicted octanol–water partition coefficient (Wildman–Crippen LogP) is 3.29. The molecule has 0 fully saturated rings. The van der Waals surface area contributed by atoms with Crippen molar-refractivity contribution in [1.29, 1.82) is 0 Å². The van der Waals surface area contributed by atoms with Crippen molar-refractivity contribution in [2.75, 3.05) is 12.8 Å². The number of esters is 1. The monoisotopic (exact) mass is 291 g/mol. The van der Waals surface area contributed by atoms with Crippen LogP contribution >= 0.6 is 11.6 Å². The van der Waals surface area contributed by atoms with E-state index in [0.29, 0.717) is 16.5 Å². The SMILES string of the molecule is COc1ccccc1COC(=O)c1cc(N)ccc1Cl. The number of hydrogen-bond acceptors (Lipinski definition) is 4. The van der Waals surface area contributed by atoms with Crippen LogP contribution in [0, 0.1) is 0 Å². The Morgan fingerprint density at radius 1 is 1.25 bits per heavy atom. The minimum absolute atomic E-state index is 0.105. The third-order valence-electron chi connectivity index (χ3n) is 2.76. The van der Waals surface area contributed by atoms with Gasteiger partial charge in [0.05, 0.1) is 17.7 Å². The number of hydrogen-bond donors (Lipinski definition) is 1. The molecule has 0 radical (unpaired) electrons. The molecule has 4 nitrogen and oxygen atoms in total. The third kappa shape index (κ3) is 3.22. The number of anilines is 1. The maximum atomic E-state index is 12.0. The number of carbonyl (C=O) groups is 1. The minimum Gasteiger partial charge on any atom is -0.496 e. The van der Waals surface area contributed by atoms with Crippen LogP contribution in [0.4, 0.5) is 5.69 Å². The van der Waals surface area contributed by atoms with Gasteiger partial charge in [-0.3, -0.25) is 0 Å². The van der Waals surface area contributed by atoms with Crippen LogP contribution < -0.4 is 10.5 Å². The number of halogens is 1. The van der Waals surface area contributed by atoms with Crippen LogP contribution in [0.25, 0.3) is 0 Å². The molecule has 0 aliphatic rings. The molecule has 0 saturated heterocycles. The van der Waals surface area contributed by atoms with Crippen molar-refractivity contribution in [3.8, 4) is 5.75 Å². The molecule has 0 aliphatic heterocycles. The molecule has 104 valence electrons. The fourth-order valence-corrected chi connectivity index (χ4v) is 1.94. The zero-order valence-electron chi connectivity index (χ0n) is 10.9. The Balaban J connectivity index is 2.11. The molecule has 0 spiro atoms. The lowest BCUT2D eigenvalue weighted by Crippen LogP contribution is -2.07. The van der Waals surface area contributed by atoms with Gasteiger partial charge >= 0.3 is 5.97 Å². The molecular weight excluding hydrogens is 278 g/mol. The quantitative estimate of drug-likeness (QED) is 0.693. The number of benzene rings is 2. The van der Waals surface area contributed by atoms with Gasteiger partial charge in [-0.25, -0.2) is 4.79 Å². The normalized spacial score (nSPS) is 10.1. The van der Waals surface area contributed by atoms with Gasteiger partial charge in [-0.15, -0.1) is 0 Å². The summed E-state index contributed by atoms with van der Waals surface area (Å²) in [5, 5.41) is 0.309. The number of ether oxygens (including phenoxy) is 2. The summed E-state index contributed by atoms with van der Waals surface area (Å²) in [7, 11) is 1.56. The van der Waals surface area contributed by atoms with Gasteiger partial charge in [-0.2, -0.15) is 0 Å². The average Bonchev–Trinajstić information content (AvgIpc) is 2.47. The molecule has 5 heteroatoms. The average molecular weight is 292 g/mol. The molecular formula is C15H14ClNO3. The smallest absolute Gasteiger partial charge is 0.340 e. The number of rotatable bonds is 4. The Morgan fingerprint density at radius 2 is 2.00 bits per heavy atom. The summed E-state index contributed by atoms with van der Waals surface area (Å²) in [5.74, 6) is 0.146. The Morgan fingerprint density at radius 3 is 2.75 bits per heavy atom. The van der Waals surface area contributed by atoms with Crippen LogP contribution in [0.1, 0.15) is 15.9 Å². The first kappa shape index (κ1) is 14.2. The summed E-state index contributed by atoms with van der Waals surface area (Å²) < 4.78 is 10.4. The molecule has 0 unspecified atom stereocenters. The van der Waals surface area contributed by atoms with Crippen LogP contribution in [0.5, 0.6) is 5.75 Å². The summed E-state index contributed by atoms with van der Waals surface area (Å²) in [6, 6.07) is 12.0. The molecule has 0 aromatic heterocycles. The van der Waals surface area contributed by atoms with Crippen molar-refractivity contribution in [3.63, 3.8) is 0 Å². The Kier molecular flexibility index (Phi) is 4.48. The summed E-state index contributed by atoms with van der Waals surface area (Å²) >= 11 is 5.95. The lowest BCUT2D eigenvalue weighted by Gasteiger charge is -2.10. The van der Waals surface area contributed by atoms with Crippen LogP contribution in [0.3, 0.4) is 0 Å². The van der Waals surface area contributed by atoms with Gasteiger partial charge < -0.3 is 15.2 Å². The number of para-hydroxylation sites is 1. The van der Waals surface area contributed by atoms with E-state index in [0.717, 1.165) is 5.56 Å². The van der Waals surface area contributed by atoms with E-state index in [9.17, 15) is 4.79 Å². The van der Waals surface area contributed by atoms with Gasteiger partial charge in [-0.1, -0.05) is 29.8 Å². The third-order valence-corrected chi connectivity index (χ3v) is 3.09. The van der Waals surface area contributed by atoms with Crippen LogP contribution in [-0.4, -0.2) is 13.1 Å². The number of nitrogens with two attached hydrogens (primary N) is 1. The van der Waals surface area contributed by atoms with E-state index in [1.54, 1.807) is 25.3 Å². The van der Waals surface area contributed by atoms with E-state index in [1.165, 1.54) is 6.07 Å². The molecule has 0 aliphatic carbocycles. The lowest BCUT2D eigenvalue weighted by molar-refractivity contribution is 0.0470. The second-order valence-corrected chi connectivity index (χ2v) is 4.53. The summed E-state index contributed by atoms with van der Waals surface area (Å²) in [6.07, 6.45) is 0. The molecule has 2 aromatic carbocycles. The number of carbonyl (C=O) groups excluding carboxylic acids is 1. The molecule has 0 saturated carbocycles. The highest BCUT2D eigenvalue weighted by molar-refractivity contribution is 6.33. The maximum absolute atomic E-state index is 12.0. The zero-order chi connectivity index (χ0) is 14.5. The molecule has 2 N–H and O–H groups in total. The van der Waals surface area contributed by atoms with E-state index in [-0.39, 0.29) is 12.2 Å². The van der Waals surface area contributed by atoms with Crippen molar-refractivity contribution in [1.82, 2.24) is 0 Å². The summed E-state index contributed by atoms with van der Waals surface area (Å²) in [5.41, 5.74) is 7.12. The van der Waals surface area contributed by atoms with Gasteiger partial charge in [0, 0.05) is 11.3 Å². The molecule has 0 heterocycles. The van der Waals surface area contributed by atoms with Gasteiger partial charge in [0.25, 0.3) is 0 Å². The number of nitrogen functional groups attached to an aromatic ring is 1. The van der Waals surface area contributed by atoms with E-state index in [1.807, 2.05) is 18.2 Å². The first-order valence-electron chi connectivity index (χ1n) is 5.96. The topological polar surface area (TPSA) is 61.5 Å². The second-order valence-electron chi connectivity index (χ2n) is 4.13. The van der Waals surface area contributed by atoms with Crippen LogP contribution in [0.2, 0.25) is 5.02 Å². The molecule has 0 amide bonds. The van der Waals surface area contributed by atoms with Crippen molar-refractivity contribution in [2.24, 2.45) is 0 Å². The lowest BCUT2D eigenvalue weighted by atomic mass is 10.2. The molecule has 2 rings (SSSR count). The molecule has 2 aromatic rings. The predicted molar refractivity (Wildman–Crippen MR) is 78.0 cm³/mol. The fraction of sp³-hybridized carbons (Fsp3) is 0.133. The molecule has 0 atom stereocenters. The largest absolute Gasteiger partial charge is 0.496 e. The van der Waals surface area contributed by atoms with Gasteiger partial charge in [0.1, 0.15) is 12.4 Å². The van der Waals surface area contributed by atoms with Gasteiger partial charge in [0.15, 0.2) is 0 Å². The van der Waals surface area contributed by atoms with Gasteiger partial charge in [-0.05, 0) is 24.3 Å². The zero-order valence-corrected chi connectivity index (χ0v) is 11.7. The van der Waals surface area contributed by atoms with E-state index in [4.69, 9.17) is 26.8 Å². The Labute approximate surface area is 122 Å². The van der Waals surface area contributed by atoms with Crippen molar-refractivity contribution < 1.29 is 14.3 Å². The maximum Gasteiger partial charge on any atom is 0.340 e. The summed E-state index contributed by atoms with van der Waals surface area (Å²) in [6.45, 7) is 0.105. The standard InChI is InChI=1S/C15H14ClNO3/c1-19-14-5-3-2-4-10(14)9-20-15(18)12-8-11(17)6-7-13(12)16/h2-8H,9,17H2,1H3. The highest BCUT2D eigenvalue weighted by Gasteiger charge is 2.13. The van der Waals surface area contributed by atoms with E-state index in [2.05, 4.69) is 0 Å². The van der Waals surface area contributed by atoms with E-state index >= 15 is 0 Å². The molecule has 0 bridgehead atoms. The minimum atomic E-state index is -0.520. The Bertz CT molecular complexity index is 628. The van der Waals surface area contributed by atoms with Gasteiger partial charge in [0.2, 0.25) is 0 Å². The highest BCUT2D eigenvalue weighted by atomic mass is 35.5. The van der Waals surface area contributed by atoms with Crippen LogP contribution in [-0.2, 0) is 11.3 Å². The fourth-order valence-electron chi connectivity index (χ4n) is 1.74. The molecule has 20 heavy (non-hydrogen) atoms. The second kappa shape index (κ2) is 6.30. The van der Waals surface area contributed by atoms with Crippen molar-refractivity contribution in [2.45, 2.75) is 6.61 Å². The van der Waals surface area contributed by atoms with Crippen molar-refractivity contribution >= 4 is 23.3 Å².